The van der Waals surface area contributed by atoms with Crippen LogP contribution in [0.5, 0.6) is 0 Å². The van der Waals surface area contributed by atoms with Crippen molar-refractivity contribution in [1.82, 2.24) is 0 Å². The summed E-state index contributed by atoms with van der Waals surface area (Å²) in [5.41, 5.74) is 1.31. The van der Waals surface area contributed by atoms with Gasteiger partial charge in [0.15, 0.2) is 11.6 Å². The zero-order valence-electron chi connectivity index (χ0n) is 8.53. The smallest absolute Gasteiger partial charge is 0.160 e. The van der Waals surface area contributed by atoms with Gasteiger partial charge in [-0.1, -0.05) is 12.2 Å². The number of hydrogen-bond donors (Lipinski definition) is 1. The standard InChI is InChI=1S/C12H11F2NS/c1-2-4-15-5-3-12(16)8-6-9(13)10(14)7-11(8)15/h2-3,5-7,12,16H,1,4H2. The van der Waals surface area contributed by atoms with Gasteiger partial charge >= 0.3 is 0 Å². The molecule has 0 spiro atoms. The summed E-state index contributed by atoms with van der Waals surface area (Å²) in [6.45, 7) is 4.17. The van der Waals surface area contributed by atoms with Gasteiger partial charge in [-0.2, -0.15) is 12.6 Å². The van der Waals surface area contributed by atoms with Crippen LogP contribution in [-0.2, 0) is 0 Å². The van der Waals surface area contributed by atoms with Crippen molar-refractivity contribution in [1.29, 1.82) is 0 Å². The first-order valence-corrected chi connectivity index (χ1v) is 5.38. The third kappa shape index (κ3) is 1.85. The number of anilines is 1. The van der Waals surface area contributed by atoms with E-state index in [0.717, 1.165) is 0 Å². The van der Waals surface area contributed by atoms with Crippen molar-refractivity contribution in [3.05, 3.63) is 54.3 Å². The van der Waals surface area contributed by atoms with Gasteiger partial charge in [0, 0.05) is 29.7 Å². The van der Waals surface area contributed by atoms with Crippen molar-refractivity contribution < 1.29 is 8.78 Å². The van der Waals surface area contributed by atoms with Crippen LogP contribution in [0.25, 0.3) is 0 Å². The van der Waals surface area contributed by atoms with Gasteiger partial charge in [0.2, 0.25) is 0 Å². The molecule has 1 aromatic rings. The zero-order valence-corrected chi connectivity index (χ0v) is 9.42. The van der Waals surface area contributed by atoms with Crippen molar-refractivity contribution in [2.24, 2.45) is 0 Å². The lowest BCUT2D eigenvalue weighted by atomic mass is 10.0. The van der Waals surface area contributed by atoms with Crippen molar-refractivity contribution in [2.75, 3.05) is 11.4 Å². The maximum atomic E-state index is 13.2. The van der Waals surface area contributed by atoms with Crippen LogP contribution in [0.4, 0.5) is 14.5 Å². The molecule has 1 atom stereocenters. The van der Waals surface area contributed by atoms with E-state index in [0.29, 0.717) is 17.8 Å². The molecule has 1 heterocycles. The van der Waals surface area contributed by atoms with E-state index in [2.05, 4.69) is 19.2 Å². The summed E-state index contributed by atoms with van der Waals surface area (Å²) in [5, 5.41) is -0.203. The summed E-state index contributed by atoms with van der Waals surface area (Å²) in [4.78, 5) is 1.80. The summed E-state index contributed by atoms with van der Waals surface area (Å²) < 4.78 is 26.3. The summed E-state index contributed by atoms with van der Waals surface area (Å²) in [5.74, 6) is -1.68. The topological polar surface area (TPSA) is 3.24 Å². The Hall–Kier alpha value is -1.29. The van der Waals surface area contributed by atoms with E-state index >= 15 is 0 Å². The molecule has 1 nitrogen and oxygen atoms in total. The predicted octanol–water partition coefficient (Wildman–Crippen LogP) is 3.46. The van der Waals surface area contributed by atoms with E-state index in [1.807, 2.05) is 6.08 Å². The molecule has 0 aromatic heterocycles. The molecule has 0 bridgehead atoms. The fourth-order valence-electron chi connectivity index (χ4n) is 1.71. The molecule has 1 aromatic carbocycles. The first-order chi connectivity index (χ1) is 7.63. The Morgan fingerprint density at radius 2 is 2.06 bits per heavy atom. The average Bonchev–Trinajstić information content (AvgIpc) is 2.25. The molecule has 4 heteroatoms. The molecular formula is C12H11F2NS. The maximum Gasteiger partial charge on any atom is 0.160 e. The molecule has 2 rings (SSSR count). The Morgan fingerprint density at radius 1 is 1.38 bits per heavy atom. The average molecular weight is 239 g/mol. The highest BCUT2D eigenvalue weighted by molar-refractivity contribution is 7.80. The summed E-state index contributed by atoms with van der Waals surface area (Å²) >= 11 is 4.30. The third-order valence-corrected chi connectivity index (χ3v) is 2.92. The Balaban J connectivity index is 2.52. The highest BCUT2D eigenvalue weighted by Gasteiger charge is 2.20. The van der Waals surface area contributed by atoms with Gasteiger partial charge in [-0.25, -0.2) is 8.78 Å². The van der Waals surface area contributed by atoms with Gasteiger partial charge < -0.3 is 4.90 Å². The highest BCUT2D eigenvalue weighted by atomic mass is 32.1. The van der Waals surface area contributed by atoms with Crippen LogP contribution in [-0.4, -0.2) is 6.54 Å². The third-order valence-electron chi connectivity index (χ3n) is 2.47. The Bertz CT molecular complexity index is 457. The molecule has 0 saturated heterocycles. The minimum atomic E-state index is -0.844. The molecule has 16 heavy (non-hydrogen) atoms. The second-order valence-corrected chi connectivity index (χ2v) is 4.11. The van der Waals surface area contributed by atoms with Crippen LogP contribution >= 0.6 is 12.6 Å². The molecule has 0 N–H and O–H groups in total. The highest BCUT2D eigenvalue weighted by Crippen LogP contribution is 2.36. The molecule has 0 aliphatic carbocycles. The first-order valence-electron chi connectivity index (χ1n) is 4.86. The summed E-state index contributed by atoms with van der Waals surface area (Å²) in [6.07, 6.45) is 5.33. The van der Waals surface area contributed by atoms with E-state index in [1.165, 1.54) is 12.1 Å². The molecule has 0 radical (unpaired) electrons. The van der Waals surface area contributed by atoms with E-state index < -0.39 is 11.6 Å². The predicted molar refractivity (Wildman–Crippen MR) is 64.8 cm³/mol. The number of halogens is 2. The van der Waals surface area contributed by atoms with Gasteiger partial charge in [-0.05, 0) is 11.6 Å². The fourth-order valence-corrected chi connectivity index (χ4v) is 1.99. The minimum absolute atomic E-state index is 0.203. The van der Waals surface area contributed by atoms with Crippen LogP contribution in [0.1, 0.15) is 10.8 Å². The number of rotatable bonds is 2. The van der Waals surface area contributed by atoms with Crippen LogP contribution in [0.15, 0.2) is 37.1 Å². The molecule has 0 amide bonds. The largest absolute Gasteiger partial charge is 0.344 e. The Kier molecular flexibility index (Phi) is 3.01. The number of fused-ring (bicyclic) bond motifs is 1. The van der Waals surface area contributed by atoms with Crippen molar-refractivity contribution in [3.63, 3.8) is 0 Å². The van der Waals surface area contributed by atoms with Crippen molar-refractivity contribution in [2.45, 2.75) is 5.25 Å². The van der Waals surface area contributed by atoms with Crippen molar-refractivity contribution >= 4 is 18.3 Å². The lowest BCUT2D eigenvalue weighted by Crippen LogP contribution is -2.21. The normalized spacial score (nSPS) is 18.4. The summed E-state index contributed by atoms with van der Waals surface area (Å²) in [7, 11) is 0. The van der Waals surface area contributed by atoms with Crippen LogP contribution in [0.2, 0.25) is 0 Å². The number of thiol groups is 1. The molecular weight excluding hydrogens is 228 g/mol. The zero-order chi connectivity index (χ0) is 11.7. The summed E-state index contributed by atoms with van der Waals surface area (Å²) in [6, 6.07) is 2.39. The van der Waals surface area contributed by atoms with E-state index in [4.69, 9.17) is 0 Å². The molecule has 1 unspecified atom stereocenters. The lowest BCUT2D eigenvalue weighted by Gasteiger charge is -2.28. The Morgan fingerprint density at radius 3 is 2.75 bits per heavy atom. The monoisotopic (exact) mass is 239 g/mol. The first kappa shape index (κ1) is 11.2. The molecule has 0 fully saturated rings. The van der Waals surface area contributed by atoms with Crippen LogP contribution in [0, 0.1) is 11.6 Å². The second kappa shape index (κ2) is 4.29. The van der Waals surface area contributed by atoms with Gasteiger partial charge in [0.25, 0.3) is 0 Å². The lowest BCUT2D eigenvalue weighted by molar-refractivity contribution is 0.507. The molecule has 84 valence electrons. The molecule has 1 aliphatic heterocycles. The van der Waals surface area contributed by atoms with Gasteiger partial charge in [-0.3, -0.25) is 0 Å². The van der Waals surface area contributed by atoms with E-state index in [9.17, 15) is 8.78 Å². The van der Waals surface area contributed by atoms with Crippen molar-refractivity contribution in [3.8, 4) is 0 Å². The number of hydrogen-bond acceptors (Lipinski definition) is 2. The fraction of sp³-hybridized carbons (Fsp3) is 0.167. The SMILES string of the molecule is C=CCN1C=CC(S)c2cc(F)c(F)cc21. The van der Waals surface area contributed by atoms with Gasteiger partial charge in [-0.15, -0.1) is 6.58 Å². The number of nitrogens with zero attached hydrogens (tertiary/aromatic N) is 1. The maximum absolute atomic E-state index is 13.2. The number of benzene rings is 1. The molecule has 1 aliphatic rings. The van der Waals surface area contributed by atoms with Crippen LogP contribution in [0.3, 0.4) is 0 Å². The molecule has 0 saturated carbocycles. The quantitative estimate of drug-likeness (QED) is 0.611. The Labute approximate surface area is 98.5 Å². The van der Waals surface area contributed by atoms with E-state index in [-0.39, 0.29) is 5.25 Å². The van der Waals surface area contributed by atoms with E-state index in [1.54, 1.807) is 17.2 Å². The van der Waals surface area contributed by atoms with Gasteiger partial charge in [0.05, 0.1) is 0 Å². The van der Waals surface area contributed by atoms with Gasteiger partial charge in [0.1, 0.15) is 0 Å². The van der Waals surface area contributed by atoms with Crippen LogP contribution < -0.4 is 4.90 Å². The minimum Gasteiger partial charge on any atom is -0.344 e. The second-order valence-electron chi connectivity index (χ2n) is 3.55.